The molecule has 3 aromatic rings. The Balaban J connectivity index is 1.78. The van der Waals surface area contributed by atoms with E-state index in [4.69, 9.17) is 32.7 Å². The monoisotopic (exact) mass is 344 g/mol. The Morgan fingerprint density at radius 1 is 0.652 bits per heavy atom. The molecule has 0 saturated carbocycles. The van der Waals surface area contributed by atoms with Crippen molar-refractivity contribution in [2.45, 2.75) is 6.92 Å². The topological polar surface area (TPSA) is 18.5 Å². The first-order valence-electron chi connectivity index (χ1n) is 7.08. The SMILES string of the molecule is Cc1cc(Oc2cccc(Cl)c2)ccc1Oc1cccc(Cl)c1. The van der Waals surface area contributed by atoms with Crippen molar-refractivity contribution < 1.29 is 9.47 Å². The van der Waals surface area contributed by atoms with E-state index in [0.717, 1.165) is 17.1 Å². The first-order chi connectivity index (χ1) is 11.1. The second-order valence-corrected chi connectivity index (χ2v) is 5.92. The van der Waals surface area contributed by atoms with E-state index in [1.54, 1.807) is 12.1 Å². The van der Waals surface area contributed by atoms with Crippen LogP contribution in [0, 0.1) is 6.92 Å². The summed E-state index contributed by atoms with van der Waals surface area (Å²) in [5.41, 5.74) is 0.963. The highest BCUT2D eigenvalue weighted by Gasteiger charge is 2.05. The van der Waals surface area contributed by atoms with Crippen LogP contribution in [0.1, 0.15) is 5.56 Å². The lowest BCUT2D eigenvalue weighted by Crippen LogP contribution is -1.90. The van der Waals surface area contributed by atoms with Gasteiger partial charge in [0.05, 0.1) is 0 Å². The maximum atomic E-state index is 5.97. The lowest BCUT2D eigenvalue weighted by molar-refractivity contribution is 0.466. The molecule has 4 heteroatoms. The van der Waals surface area contributed by atoms with Gasteiger partial charge in [0.15, 0.2) is 0 Å². The minimum atomic E-state index is 0.639. The lowest BCUT2D eigenvalue weighted by atomic mass is 10.2. The number of benzene rings is 3. The summed E-state index contributed by atoms with van der Waals surface area (Å²) in [5.74, 6) is 2.87. The summed E-state index contributed by atoms with van der Waals surface area (Å²) in [6.07, 6.45) is 0. The van der Waals surface area contributed by atoms with E-state index < -0.39 is 0 Å². The molecule has 0 aliphatic heterocycles. The smallest absolute Gasteiger partial charge is 0.130 e. The first-order valence-corrected chi connectivity index (χ1v) is 7.83. The second kappa shape index (κ2) is 6.95. The van der Waals surface area contributed by atoms with Crippen molar-refractivity contribution in [1.29, 1.82) is 0 Å². The quantitative estimate of drug-likeness (QED) is 0.513. The molecule has 0 unspecified atom stereocenters. The highest BCUT2D eigenvalue weighted by molar-refractivity contribution is 6.31. The fourth-order valence-electron chi connectivity index (χ4n) is 2.12. The van der Waals surface area contributed by atoms with E-state index in [9.17, 15) is 0 Å². The number of hydrogen-bond acceptors (Lipinski definition) is 2. The van der Waals surface area contributed by atoms with E-state index in [0.29, 0.717) is 21.5 Å². The van der Waals surface area contributed by atoms with Crippen LogP contribution in [-0.2, 0) is 0 Å². The third-order valence-corrected chi connectivity index (χ3v) is 3.67. The van der Waals surface area contributed by atoms with Gasteiger partial charge in [0.25, 0.3) is 0 Å². The molecule has 0 heterocycles. The normalized spacial score (nSPS) is 10.4. The van der Waals surface area contributed by atoms with Crippen LogP contribution in [0.5, 0.6) is 23.0 Å². The van der Waals surface area contributed by atoms with Gasteiger partial charge >= 0.3 is 0 Å². The molecule has 0 amide bonds. The van der Waals surface area contributed by atoms with E-state index >= 15 is 0 Å². The Labute approximate surface area is 145 Å². The summed E-state index contributed by atoms with van der Waals surface area (Å²) in [4.78, 5) is 0. The Kier molecular flexibility index (Phi) is 4.75. The van der Waals surface area contributed by atoms with Crippen LogP contribution < -0.4 is 9.47 Å². The van der Waals surface area contributed by atoms with Gasteiger partial charge in [-0.05, 0) is 67.1 Å². The summed E-state index contributed by atoms with van der Waals surface area (Å²) in [6, 6.07) is 20.2. The maximum absolute atomic E-state index is 5.97. The summed E-state index contributed by atoms with van der Waals surface area (Å²) in [7, 11) is 0. The van der Waals surface area contributed by atoms with Gasteiger partial charge in [-0.1, -0.05) is 35.3 Å². The fraction of sp³-hybridized carbons (Fsp3) is 0.0526. The zero-order valence-electron chi connectivity index (χ0n) is 12.4. The molecule has 2 nitrogen and oxygen atoms in total. The zero-order chi connectivity index (χ0) is 16.2. The van der Waals surface area contributed by atoms with Gasteiger partial charge in [-0.2, -0.15) is 0 Å². The van der Waals surface area contributed by atoms with Crippen LogP contribution in [-0.4, -0.2) is 0 Å². The van der Waals surface area contributed by atoms with Crippen molar-refractivity contribution in [3.63, 3.8) is 0 Å². The first kappa shape index (κ1) is 15.7. The van der Waals surface area contributed by atoms with E-state index in [2.05, 4.69) is 0 Å². The van der Waals surface area contributed by atoms with E-state index in [-0.39, 0.29) is 0 Å². The number of rotatable bonds is 4. The molecular formula is C19H14Cl2O2. The molecule has 0 fully saturated rings. The summed E-state index contributed by atoms with van der Waals surface area (Å²) < 4.78 is 11.7. The minimum absolute atomic E-state index is 0.639. The van der Waals surface area contributed by atoms with Crippen LogP contribution in [0.3, 0.4) is 0 Å². The molecule has 23 heavy (non-hydrogen) atoms. The zero-order valence-corrected chi connectivity index (χ0v) is 13.9. The molecule has 0 spiro atoms. The summed E-state index contributed by atoms with van der Waals surface area (Å²) >= 11 is 11.9. The molecule has 0 bridgehead atoms. The van der Waals surface area contributed by atoms with Gasteiger partial charge in [0, 0.05) is 10.0 Å². The van der Waals surface area contributed by atoms with Crippen molar-refractivity contribution in [2.75, 3.05) is 0 Å². The van der Waals surface area contributed by atoms with Gasteiger partial charge in [0.2, 0.25) is 0 Å². The molecule has 0 aliphatic carbocycles. The van der Waals surface area contributed by atoms with Crippen molar-refractivity contribution in [3.05, 3.63) is 82.3 Å². The molecule has 116 valence electrons. The largest absolute Gasteiger partial charge is 0.457 e. The molecule has 0 atom stereocenters. The molecule has 0 saturated heterocycles. The van der Waals surface area contributed by atoms with Gasteiger partial charge in [-0.3, -0.25) is 0 Å². The fourth-order valence-corrected chi connectivity index (χ4v) is 2.48. The van der Waals surface area contributed by atoms with Crippen molar-refractivity contribution >= 4 is 23.2 Å². The standard InChI is InChI=1S/C19H14Cl2O2/c1-13-10-18(22-16-6-2-4-14(20)11-16)8-9-19(13)23-17-7-3-5-15(21)12-17/h2-12H,1H3. The van der Waals surface area contributed by atoms with Crippen molar-refractivity contribution in [2.24, 2.45) is 0 Å². The van der Waals surface area contributed by atoms with Crippen LogP contribution in [0.25, 0.3) is 0 Å². The molecule has 0 radical (unpaired) electrons. The number of halogens is 2. The number of hydrogen-bond donors (Lipinski definition) is 0. The summed E-state index contributed by atoms with van der Waals surface area (Å²) in [5, 5.41) is 1.28. The van der Waals surface area contributed by atoms with E-state index in [1.807, 2.05) is 61.5 Å². The predicted molar refractivity (Wildman–Crippen MR) is 94.2 cm³/mol. The molecule has 0 N–H and O–H groups in total. The highest BCUT2D eigenvalue weighted by Crippen LogP contribution is 2.31. The van der Waals surface area contributed by atoms with Crippen LogP contribution >= 0.6 is 23.2 Å². The Morgan fingerprint density at radius 2 is 1.22 bits per heavy atom. The molecule has 3 rings (SSSR count). The van der Waals surface area contributed by atoms with Gasteiger partial charge < -0.3 is 9.47 Å². The van der Waals surface area contributed by atoms with Gasteiger partial charge in [0.1, 0.15) is 23.0 Å². The lowest BCUT2D eigenvalue weighted by Gasteiger charge is -2.11. The molecule has 0 aromatic heterocycles. The van der Waals surface area contributed by atoms with Gasteiger partial charge in [-0.15, -0.1) is 0 Å². The number of ether oxygens (including phenoxy) is 2. The Hall–Kier alpha value is -2.16. The molecule has 3 aromatic carbocycles. The van der Waals surface area contributed by atoms with Crippen LogP contribution in [0.15, 0.2) is 66.7 Å². The second-order valence-electron chi connectivity index (χ2n) is 5.05. The van der Waals surface area contributed by atoms with E-state index in [1.165, 1.54) is 0 Å². The van der Waals surface area contributed by atoms with Gasteiger partial charge in [-0.25, -0.2) is 0 Å². The third kappa shape index (κ3) is 4.19. The third-order valence-electron chi connectivity index (χ3n) is 3.20. The minimum Gasteiger partial charge on any atom is -0.457 e. The molecular weight excluding hydrogens is 331 g/mol. The predicted octanol–water partition coefficient (Wildman–Crippen LogP) is 6.89. The highest BCUT2D eigenvalue weighted by atomic mass is 35.5. The van der Waals surface area contributed by atoms with Crippen LogP contribution in [0.2, 0.25) is 10.0 Å². The molecule has 0 aliphatic rings. The average Bonchev–Trinajstić information content (AvgIpc) is 2.50. The Morgan fingerprint density at radius 3 is 1.78 bits per heavy atom. The number of aryl methyl sites for hydroxylation is 1. The summed E-state index contributed by atoms with van der Waals surface area (Å²) in [6.45, 7) is 1.96. The van der Waals surface area contributed by atoms with Crippen molar-refractivity contribution in [1.82, 2.24) is 0 Å². The van der Waals surface area contributed by atoms with Crippen molar-refractivity contribution in [3.8, 4) is 23.0 Å². The van der Waals surface area contributed by atoms with Crippen LogP contribution in [0.4, 0.5) is 0 Å². The Bertz CT molecular complexity index is 831. The maximum Gasteiger partial charge on any atom is 0.130 e. The average molecular weight is 345 g/mol.